The second-order valence-corrected chi connectivity index (χ2v) is 9.54. The van der Waals surface area contributed by atoms with E-state index in [1.54, 1.807) is 31.3 Å². The van der Waals surface area contributed by atoms with E-state index < -0.39 is 11.6 Å². The monoisotopic (exact) mass is 529 g/mol. The maximum absolute atomic E-state index is 14.2. The third-order valence-corrected chi connectivity index (χ3v) is 6.47. The highest BCUT2D eigenvalue weighted by molar-refractivity contribution is 6.00. The highest BCUT2D eigenvalue weighted by Crippen LogP contribution is 2.36. The Morgan fingerprint density at radius 2 is 1.67 bits per heavy atom. The number of hydrogen-bond donors (Lipinski definition) is 1. The van der Waals surface area contributed by atoms with Crippen LogP contribution in [0.4, 0.5) is 8.78 Å². The summed E-state index contributed by atoms with van der Waals surface area (Å²) < 4.78 is 34.3. The zero-order chi connectivity index (χ0) is 27.8. The van der Waals surface area contributed by atoms with Crippen LogP contribution in [0.1, 0.15) is 49.3 Å². The van der Waals surface area contributed by atoms with E-state index in [0.717, 1.165) is 64.3 Å². The summed E-state index contributed by atoms with van der Waals surface area (Å²) in [7, 11) is 3.46. The first-order valence-electron chi connectivity index (χ1n) is 13.1. The third kappa shape index (κ3) is 7.19. The van der Waals surface area contributed by atoms with E-state index in [1.807, 2.05) is 55.5 Å². The largest absolute Gasteiger partial charge is 0.494 e. The number of ether oxygens (including phenoxy) is 1. The predicted molar refractivity (Wildman–Crippen MR) is 152 cm³/mol. The number of unbranched alkanes of at least 4 members (excludes halogenated alkanes) is 2. The van der Waals surface area contributed by atoms with Gasteiger partial charge < -0.3 is 9.64 Å². The summed E-state index contributed by atoms with van der Waals surface area (Å²) in [5.74, 6) is -0.483. The quantitative estimate of drug-likeness (QED) is 0.125. The maximum Gasteiger partial charge on any atom is 0.245 e. The van der Waals surface area contributed by atoms with Crippen molar-refractivity contribution in [2.45, 2.75) is 32.6 Å². The molecule has 202 valence electrons. The minimum atomic E-state index is -0.607. The molecule has 0 aliphatic carbocycles. The summed E-state index contributed by atoms with van der Waals surface area (Å²) in [6, 6.07) is 17.4. The number of hydrogen-bond acceptors (Lipinski definition) is 3. The van der Waals surface area contributed by atoms with Crippen molar-refractivity contribution in [1.82, 2.24) is 15.1 Å². The van der Waals surface area contributed by atoms with Crippen LogP contribution >= 0.6 is 0 Å². The number of benzene rings is 3. The fraction of sp³-hybridized carbons (Fsp3) is 0.250. The Labute approximate surface area is 227 Å². The third-order valence-electron chi connectivity index (χ3n) is 6.47. The van der Waals surface area contributed by atoms with Crippen LogP contribution in [-0.4, -0.2) is 41.7 Å². The number of carbonyl (C=O) groups excluding carboxylic acids is 1. The Morgan fingerprint density at radius 3 is 2.36 bits per heavy atom. The molecule has 0 radical (unpaired) electrons. The second kappa shape index (κ2) is 13.0. The van der Waals surface area contributed by atoms with Gasteiger partial charge >= 0.3 is 0 Å². The van der Waals surface area contributed by atoms with Crippen molar-refractivity contribution < 1.29 is 18.3 Å². The number of fused-ring (bicyclic) bond motifs is 1. The molecule has 0 atom stereocenters. The van der Waals surface area contributed by atoms with E-state index >= 15 is 0 Å². The Morgan fingerprint density at radius 1 is 0.949 bits per heavy atom. The maximum atomic E-state index is 14.2. The molecule has 1 N–H and O–H groups in total. The van der Waals surface area contributed by atoms with Crippen LogP contribution in [0.3, 0.4) is 0 Å². The van der Waals surface area contributed by atoms with Crippen LogP contribution in [0, 0.1) is 11.6 Å². The van der Waals surface area contributed by atoms with E-state index in [1.165, 1.54) is 12.1 Å². The molecule has 7 heteroatoms. The topological polar surface area (TPSA) is 58.2 Å². The molecule has 0 aliphatic rings. The number of likely N-dealkylation sites (N-methyl/N-ethyl adjacent to an activating group) is 1. The van der Waals surface area contributed by atoms with Crippen molar-refractivity contribution in [3.05, 3.63) is 107 Å². The van der Waals surface area contributed by atoms with Gasteiger partial charge in [-0.25, -0.2) is 8.78 Å². The number of halogens is 2. The summed E-state index contributed by atoms with van der Waals surface area (Å²) >= 11 is 0. The number of aromatic amines is 1. The van der Waals surface area contributed by atoms with E-state index in [2.05, 4.69) is 10.2 Å². The highest BCUT2D eigenvalue weighted by atomic mass is 19.1. The molecule has 0 unspecified atom stereocenters. The van der Waals surface area contributed by atoms with Crippen molar-refractivity contribution in [3.8, 4) is 5.75 Å². The first-order chi connectivity index (χ1) is 18.9. The molecule has 1 aromatic heterocycles. The van der Waals surface area contributed by atoms with E-state index in [9.17, 15) is 13.6 Å². The second-order valence-electron chi connectivity index (χ2n) is 9.54. The number of nitrogens with zero attached hydrogens (tertiary/aromatic N) is 2. The Hall–Kier alpha value is -4.26. The number of amides is 1. The van der Waals surface area contributed by atoms with Gasteiger partial charge in [0.1, 0.15) is 17.4 Å². The van der Waals surface area contributed by atoms with E-state index in [4.69, 9.17) is 4.74 Å². The van der Waals surface area contributed by atoms with Crippen LogP contribution in [0.15, 0.2) is 79.0 Å². The van der Waals surface area contributed by atoms with Crippen LogP contribution in [0.5, 0.6) is 5.75 Å². The van der Waals surface area contributed by atoms with Gasteiger partial charge in [0.15, 0.2) is 0 Å². The van der Waals surface area contributed by atoms with Gasteiger partial charge in [-0.1, -0.05) is 31.2 Å². The molecule has 4 rings (SSSR count). The Bertz CT molecular complexity index is 1470. The molecule has 4 aromatic rings. The lowest BCUT2D eigenvalue weighted by atomic mass is 9.87. The van der Waals surface area contributed by atoms with Crippen molar-refractivity contribution in [2.24, 2.45) is 0 Å². The normalized spacial score (nSPS) is 12.1. The smallest absolute Gasteiger partial charge is 0.245 e. The molecule has 0 saturated carbocycles. The van der Waals surface area contributed by atoms with Gasteiger partial charge in [-0.05, 0) is 96.0 Å². The Balaban J connectivity index is 1.55. The molecule has 0 spiro atoms. The van der Waals surface area contributed by atoms with Gasteiger partial charge in [0.05, 0.1) is 18.3 Å². The fourth-order valence-electron chi connectivity index (χ4n) is 4.47. The number of carbonyl (C=O) groups is 1. The average molecular weight is 530 g/mol. The van der Waals surface area contributed by atoms with Gasteiger partial charge in [0.25, 0.3) is 0 Å². The summed E-state index contributed by atoms with van der Waals surface area (Å²) in [6.45, 7) is 2.55. The molecule has 0 saturated heterocycles. The van der Waals surface area contributed by atoms with E-state index in [0.29, 0.717) is 18.6 Å². The standard InChI is InChI=1S/C32H33F2N3O2/c1-4-29(24-18-26(33)20-27(34)19-24)32(23-12-15-30-25(17-23)21-35-36-30)22-10-13-28(14-11-22)39-16-8-6-5-7-9-31(38)37(2)3/h7,9-15,17-21H,4-6,8,16H2,1-3H3,(H,35,36)/b9-7+,32-29+. The van der Waals surface area contributed by atoms with Crippen molar-refractivity contribution in [3.63, 3.8) is 0 Å². The number of aromatic nitrogens is 2. The molecule has 0 fully saturated rings. The van der Waals surface area contributed by atoms with Gasteiger partial charge in [0.2, 0.25) is 5.91 Å². The summed E-state index contributed by atoms with van der Waals surface area (Å²) in [6.07, 6.45) is 8.42. The SMILES string of the molecule is CC/C(=C(/c1ccc(OCCCC/C=C/C(=O)N(C)C)cc1)c1ccc2[nH]ncc2c1)c1cc(F)cc(F)c1. The number of allylic oxidation sites excluding steroid dienone is 2. The van der Waals surface area contributed by atoms with Gasteiger partial charge in [-0.2, -0.15) is 5.10 Å². The summed E-state index contributed by atoms with van der Waals surface area (Å²) in [5, 5.41) is 8.04. The average Bonchev–Trinajstić information content (AvgIpc) is 3.39. The lowest BCUT2D eigenvalue weighted by Gasteiger charge is -2.17. The summed E-state index contributed by atoms with van der Waals surface area (Å²) in [5.41, 5.74) is 5.01. The first kappa shape index (κ1) is 27.8. The lowest BCUT2D eigenvalue weighted by Crippen LogP contribution is -2.18. The van der Waals surface area contributed by atoms with Crippen molar-refractivity contribution in [1.29, 1.82) is 0 Å². The van der Waals surface area contributed by atoms with Crippen LogP contribution < -0.4 is 4.74 Å². The molecule has 1 amide bonds. The first-order valence-corrected chi connectivity index (χ1v) is 13.1. The van der Waals surface area contributed by atoms with Gasteiger partial charge in [0, 0.05) is 25.5 Å². The van der Waals surface area contributed by atoms with Crippen molar-refractivity contribution >= 4 is 28.0 Å². The van der Waals surface area contributed by atoms with Gasteiger partial charge in [-0.15, -0.1) is 0 Å². The molecule has 39 heavy (non-hydrogen) atoms. The number of H-pyrrole nitrogens is 1. The van der Waals surface area contributed by atoms with Crippen LogP contribution in [0.2, 0.25) is 0 Å². The Kier molecular flexibility index (Phi) is 9.26. The fourth-order valence-corrected chi connectivity index (χ4v) is 4.47. The van der Waals surface area contributed by atoms with E-state index in [-0.39, 0.29) is 5.91 Å². The van der Waals surface area contributed by atoms with Crippen LogP contribution in [0.25, 0.3) is 22.0 Å². The molecular weight excluding hydrogens is 496 g/mol. The zero-order valence-corrected chi connectivity index (χ0v) is 22.5. The highest BCUT2D eigenvalue weighted by Gasteiger charge is 2.16. The van der Waals surface area contributed by atoms with Crippen molar-refractivity contribution in [2.75, 3.05) is 20.7 Å². The predicted octanol–water partition coefficient (Wildman–Crippen LogP) is 7.40. The molecular formula is C32H33F2N3O2. The molecule has 5 nitrogen and oxygen atoms in total. The minimum Gasteiger partial charge on any atom is -0.494 e. The number of nitrogens with one attached hydrogen (secondary N) is 1. The molecule has 3 aromatic carbocycles. The van der Waals surface area contributed by atoms with Crippen LogP contribution in [-0.2, 0) is 4.79 Å². The molecule has 0 bridgehead atoms. The molecule has 0 aliphatic heterocycles. The summed E-state index contributed by atoms with van der Waals surface area (Å²) in [4.78, 5) is 13.1. The molecule has 1 heterocycles. The minimum absolute atomic E-state index is 0.0155. The zero-order valence-electron chi connectivity index (χ0n) is 22.5. The van der Waals surface area contributed by atoms with Gasteiger partial charge in [-0.3, -0.25) is 9.89 Å². The lowest BCUT2D eigenvalue weighted by molar-refractivity contribution is -0.123. The number of rotatable bonds is 11.